The Bertz CT molecular complexity index is 660. The number of ether oxygens (including phenoxy) is 2. The van der Waals surface area contributed by atoms with Crippen LogP contribution < -0.4 is 9.47 Å². The zero-order valence-electron chi connectivity index (χ0n) is 11.2. The summed E-state index contributed by atoms with van der Waals surface area (Å²) in [5, 5.41) is 10.6. The van der Waals surface area contributed by atoms with Crippen LogP contribution in [0.5, 0.6) is 11.8 Å². The molecule has 1 atom stereocenters. The molecular weight excluding hydrogens is 281 g/mol. The van der Waals surface area contributed by atoms with E-state index in [-0.39, 0.29) is 24.3 Å². The first-order valence-corrected chi connectivity index (χ1v) is 6.24. The Morgan fingerprint density at radius 3 is 2.86 bits per heavy atom. The SMILES string of the molecule is C[C@]1(COc2ccc(F)cc2)Cn2cc([N+](=O)[O-])nc2O1. The van der Waals surface area contributed by atoms with E-state index in [2.05, 4.69) is 4.98 Å². The number of aromatic nitrogens is 2. The minimum absolute atomic E-state index is 0.201. The molecule has 0 radical (unpaired) electrons. The summed E-state index contributed by atoms with van der Waals surface area (Å²) in [6.07, 6.45) is 1.33. The van der Waals surface area contributed by atoms with E-state index in [4.69, 9.17) is 9.47 Å². The lowest BCUT2D eigenvalue weighted by atomic mass is 10.1. The van der Waals surface area contributed by atoms with Crippen LogP contribution in [0.4, 0.5) is 10.2 Å². The lowest BCUT2D eigenvalue weighted by molar-refractivity contribution is -0.389. The van der Waals surface area contributed by atoms with Crippen molar-refractivity contribution in [2.45, 2.75) is 19.1 Å². The number of imidazole rings is 1. The maximum Gasteiger partial charge on any atom is 0.415 e. The normalized spacial score (nSPS) is 19.9. The van der Waals surface area contributed by atoms with E-state index < -0.39 is 10.5 Å². The van der Waals surface area contributed by atoms with Crippen molar-refractivity contribution in [1.82, 2.24) is 9.55 Å². The van der Waals surface area contributed by atoms with Crippen LogP contribution in [-0.4, -0.2) is 26.7 Å². The number of hydrogen-bond acceptors (Lipinski definition) is 5. The molecule has 110 valence electrons. The topological polar surface area (TPSA) is 79.4 Å². The van der Waals surface area contributed by atoms with Crippen molar-refractivity contribution >= 4 is 5.82 Å². The molecule has 0 bridgehead atoms. The zero-order chi connectivity index (χ0) is 15.0. The van der Waals surface area contributed by atoms with Crippen molar-refractivity contribution in [3.05, 3.63) is 46.4 Å². The van der Waals surface area contributed by atoms with Gasteiger partial charge in [0.2, 0.25) is 0 Å². The van der Waals surface area contributed by atoms with Gasteiger partial charge < -0.3 is 19.6 Å². The third-order valence-corrected chi connectivity index (χ3v) is 3.11. The largest absolute Gasteiger partial charge is 0.489 e. The van der Waals surface area contributed by atoms with E-state index in [1.165, 1.54) is 30.5 Å². The molecule has 3 rings (SSSR count). The van der Waals surface area contributed by atoms with Gasteiger partial charge >= 0.3 is 11.8 Å². The van der Waals surface area contributed by atoms with Crippen molar-refractivity contribution in [2.24, 2.45) is 0 Å². The van der Waals surface area contributed by atoms with E-state index in [0.29, 0.717) is 12.3 Å². The van der Waals surface area contributed by atoms with Gasteiger partial charge in [0.15, 0.2) is 5.60 Å². The molecule has 0 spiro atoms. The average molecular weight is 293 g/mol. The summed E-state index contributed by atoms with van der Waals surface area (Å²) < 4.78 is 25.6. The lowest BCUT2D eigenvalue weighted by Crippen LogP contribution is -2.38. The van der Waals surface area contributed by atoms with Gasteiger partial charge in [-0.05, 0) is 36.1 Å². The van der Waals surface area contributed by atoms with Gasteiger partial charge in [0.1, 0.15) is 24.4 Å². The van der Waals surface area contributed by atoms with Gasteiger partial charge in [0, 0.05) is 4.98 Å². The van der Waals surface area contributed by atoms with Gasteiger partial charge in [-0.25, -0.2) is 4.39 Å². The quantitative estimate of drug-likeness (QED) is 0.637. The lowest BCUT2D eigenvalue weighted by Gasteiger charge is -2.22. The van der Waals surface area contributed by atoms with Crippen LogP contribution in [0.25, 0.3) is 0 Å². The molecule has 0 fully saturated rings. The fourth-order valence-electron chi connectivity index (χ4n) is 2.12. The van der Waals surface area contributed by atoms with Gasteiger partial charge in [-0.15, -0.1) is 0 Å². The second-order valence-corrected chi connectivity index (χ2v) is 5.06. The fraction of sp³-hybridized carbons (Fsp3) is 0.308. The molecule has 0 saturated heterocycles. The van der Waals surface area contributed by atoms with Gasteiger partial charge in [0.25, 0.3) is 0 Å². The fourth-order valence-corrected chi connectivity index (χ4v) is 2.12. The molecule has 7 nitrogen and oxygen atoms in total. The van der Waals surface area contributed by atoms with Crippen LogP contribution in [0.1, 0.15) is 6.92 Å². The number of nitrogens with zero attached hydrogens (tertiary/aromatic N) is 3. The molecule has 8 heteroatoms. The Morgan fingerprint density at radius 2 is 2.24 bits per heavy atom. The van der Waals surface area contributed by atoms with Crippen molar-refractivity contribution in [1.29, 1.82) is 0 Å². The number of halogens is 1. The van der Waals surface area contributed by atoms with Crippen LogP contribution in [0.2, 0.25) is 0 Å². The van der Waals surface area contributed by atoms with Crippen molar-refractivity contribution in [3.8, 4) is 11.8 Å². The number of rotatable bonds is 4. The molecule has 1 aromatic carbocycles. The van der Waals surface area contributed by atoms with Crippen molar-refractivity contribution < 1.29 is 18.8 Å². The third kappa shape index (κ3) is 2.64. The van der Waals surface area contributed by atoms with Gasteiger partial charge in [-0.1, -0.05) is 0 Å². The Labute approximate surface area is 119 Å². The Balaban J connectivity index is 1.65. The smallest absolute Gasteiger partial charge is 0.415 e. The summed E-state index contributed by atoms with van der Waals surface area (Å²) in [4.78, 5) is 13.8. The molecule has 0 N–H and O–H groups in total. The van der Waals surface area contributed by atoms with Crippen LogP contribution in [0.3, 0.4) is 0 Å². The molecule has 2 aromatic rings. The molecule has 2 heterocycles. The van der Waals surface area contributed by atoms with Crippen molar-refractivity contribution in [3.63, 3.8) is 0 Å². The van der Waals surface area contributed by atoms with E-state index >= 15 is 0 Å². The molecule has 1 aliphatic rings. The molecule has 0 aliphatic carbocycles. The Kier molecular flexibility index (Phi) is 3.00. The van der Waals surface area contributed by atoms with Gasteiger partial charge in [-0.3, -0.25) is 4.57 Å². The maximum absolute atomic E-state index is 12.8. The number of benzene rings is 1. The first kappa shape index (κ1) is 13.3. The first-order chi connectivity index (χ1) is 9.95. The molecule has 0 amide bonds. The minimum atomic E-state index is -0.675. The van der Waals surface area contributed by atoms with Crippen LogP contribution in [-0.2, 0) is 6.54 Å². The van der Waals surface area contributed by atoms with Gasteiger partial charge in [-0.2, -0.15) is 0 Å². The van der Waals surface area contributed by atoms with E-state index in [0.717, 1.165) is 0 Å². The van der Waals surface area contributed by atoms with Gasteiger partial charge in [0.05, 0.1) is 6.54 Å². The van der Waals surface area contributed by atoms with E-state index in [1.54, 1.807) is 4.57 Å². The predicted octanol–water partition coefficient (Wildman–Crippen LogP) is 2.16. The molecule has 1 aliphatic heterocycles. The second kappa shape index (κ2) is 4.72. The predicted molar refractivity (Wildman–Crippen MR) is 69.8 cm³/mol. The Hall–Kier alpha value is -2.64. The van der Waals surface area contributed by atoms with Crippen molar-refractivity contribution in [2.75, 3.05) is 6.61 Å². The summed E-state index contributed by atoms with van der Waals surface area (Å²) >= 11 is 0. The molecule has 1 aromatic heterocycles. The van der Waals surface area contributed by atoms with E-state index in [1.807, 2.05) is 6.92 Å². The average Bonchev–Trinajstić information content (AvgIpc) is 2.93. The standard InChI is InChI=1S/C13H12FN3O4/c1-13(8-20-10-4-2-9(14)3-5-10)7-16-6-11(17(18)19)15-12(16)21-13/h2-6H,7-8H2,1H3/t13-/m1/s1. The summed E-state index contributed by atoms with van der Waals surface area (Å²) in [6.45, 7) is 2.43. The summed E-state index contributed by atoms with van der Waals surface area (Å²) in [5.41, 5.74) is -0.675. The highest BCUT2D eigenvalue weighted by atomic mass is 19.1. The third-order valence-electron chi connectivity index (χ3n) is 3.11. The second-order valence-electron chi connectivity index (χ2n) is 5.06. The monoisotopic (exact) mass is 293 g/mol. The summed E-state index contributed by atoms with van der Waals surface area (Å²) in [6, 6.07) is 5.86. The summed E-state index contributed by atoms with van der Waals surface area (Å²) in [7, 11) is 0. The minimum Gasteiger partial charge on any atom is -0.489 e. The number of fused-ring (bicyclic) bond motifs is 1. The van der Waals surface area contributed by atoms with Crippen LogP contribution in [0, 0.1) is 15.9 Å². The number of nitro groups is 1. The molecule has 0 saturated carbocycles. The highest BCUT2D eigenvalue weighted by molar-refractivity contribution is 5.25. The van der Waals surface area contributed by atoms with Crippen LogP contribution in [0.15, 0.2) is 30.5 Å². The Morgan fingerprint density at radius 1 is 1.52 bits per heavy atom. The highest BCUT2D eigenvalue weighted by Crippen LogP contribution is 2.31. The zero-order valence-corrected chi connectivity index (χ0v) is 11.2. The van der Waals surface area contributed by atoms with E-state index in [9.17, 15) is 14.5 Å². The molecular formula is C13H12FN3O4. The molecule has 0 unspecified atom stereocenters. The first-order valence-electron chi connectivity index (χ1n) is 6.24. The highest BCUT2D eigenvalue weighted by Gasteiger charge is 2.41. The maximum atomic E-state index is 12.8. The molecule has 21 heavy (non-hydrogen) atoms. The van der Waals surface area contributed by atoms with Crippen LogP contribution >= 0.6 is 0 Å². The number of hydrogen-bond donors (Lipinski definition) is 0. The summed E-state index contributed by atoms with van der Waals surface area (Å²) in [5.74, 6) is -0.0543.